The maximum Gasteiger partial charge on any atom is 0.291 e. The number of anilines is 1. The lowest BCUT2D eigenvalue weighted by Gasteiger charge is -2.12. The maximum atomic E-state index is 12.9. The minimum absolute atomic E-state index is 0.0530. The largest absolute Gasteiger partial charge is 0.489 e. The van der Waals surface area contributed by atoms with Gasteiger partial charge in [-0.3, -0.25) is 4.79 Å². The number of rotatable bonds is 5. The molecule has 0 atom stereocenters. The molecule has 0 radical (unpaired) electrons. The van der Waals surface area contributed by atoms with Gasteiger partial charge >= 0.3 is 0 Å². The third kappa shape index (κ3) is 3.91. The van der Waals surface area contributed by atoms with Crippen LogP contribution < -0.4 is 10.1 Å². The van der Waals surface area contributed by atoms with Gasteiger partial charge in [-0.25, -0.2) is 0 Å². The van der Waals surface area contributed by atoms with E-state index in [1.165, 1.54) is 0 Å². The van der Waals surface area contributed by atoms with Gasteiger partial charge in [0.05, 0.1) is 16.5 Å². The van der Waals surface area contributed by atoms with E-state index >= 15 is 0 Å². The van der Waals surface area contributed by atoms with Crippen LogP contribution in [-0.2, 0) is 0 Å². The van der Waals surface area contributed by atoms with E-state index in [9.17, 15) is 4.79 Å². The van der Waals surface area contributed by atoms with Gasteiger partial charge in [0.2, 0.25) is 0 Å². The Bertz CT molecular complexity index is 1190. The number of carbonyl (C=O) groups excluding carboxylic acids is 1. The SMILES string of the molecule is Cc1c(C(=O)Nc2ccc(-c3ccccc3)cc2)oc2ccc(Cl)c(OC(C)C)c12. The van der Waals surface area contributed by atoms with Gasteiger partial charge in [0, 0.05) is 11.3 Å². The number of hydrogen-bond donors (Lipinski definition) is 1. The molecule has 4 nitrogen and oxygen atoms in total. The Hall–Kier alpha value is -3.24. The highest BCUT2D eigenvalue weighted by molar-refractivity contribution is 6.33. The molecule has 0 fully saturated rings. The van der Waals surface area contributed by atoms with Crippen molar-refractivity contribution in [2.24, 2.45) is 0 Å². The van der Waals surface area contributed by atoms with E-state index in [2.05, 4.69) is 5.32 Å². The van der Waals surface area contributed by atoms with E-state index in [0.29, 0.717) is 27.6 Å². The topological polar surface area (TPSA) is 51.5 Å². The fourth-order valence-corrected chi connectivity index (χ4v) is 3.61. The van der Waals surface area contributed by atoms with Gasteiger partial charge in [0.25, 0.3) is 5.91 Å². The highest BCUT2D eigenvalue weighted by Crippen LogP contribution is 2.39. The van der Waals surface area contributed by atoms with Crippen molar-refractivity contribution >= 4 is 34.2 Å². The normalized spacial score (nSPS) is 11.1. The molecule has 3 aromatic carbocycles. The molecule has 30 heavy (non-hydrogen) atoms. The zero-order valence-corrected chi connectivity index (χ0v) is 17.8. The Morgan fingerprint density at radius 1 is 0.967 bits per heavy atom. The first-order valence-electron chi connectivity index (χ1n) is 9.79. The summed E-state index contributed by atoms with van der Waals surface area (Å²) in [6.07, 6.45) is -0.0530. The minimum atomic E-state index is -0.317. The van der Waals surface area contributed by atoms with Crippen LogP contribution >= 0.6 is 11.6 Å². The molecule has 5 heteroatoms. The first-order chi connectivity index (χ1) is 14.4. The van der Waals surface area contributed by atoms with Crippen LogP contribution in [0.2, 0.25) is 5.02 Å². The Balaban J connectivity index is 1.61. The summed E-state index contributed by atoms with van der Waals surface area (Å²) in [5.74, 6) is 0.465. The Morgan fingerprint density at radius 3 is 2.30 bits per heavy atom. The zero-order chi connectivity index (χ0) is 21.3. The minimum Gasteiger partial charge on any atom is -0.489 e. The van der Waals surface area contributed by atoms with Gasteiger partial charge in [-0.05, 0) is 56.2 Å². The summed E-state index contributed by atoms with van der Waals surface area (Å²) in [6.45, 7) is 5.69. The number of furan rings is 1. The van der Waals surface area contributed by atoms with Crippen LogP contribution in [0.3, 0.4) is 0 Å². The van der Waals surface area contributed by atoms with Gasteiger partial charge in [0.15, 0.2) is 5.76 Å². The Labute approximate surface area is 180 Å². The highest BCUT2D eigenvalue weighted by Gasteiger charge is 2.22. The predicted octanol–water partition coefficient (Wildman–Crippen LogP) is 7.10. The molecule has 0 aliphatic heterocycles. The molecule has 1 amide bonds. The van der Waals surface area contributed by atoms with E-state index < -0.39 is 0 Å². The average molecular weight is 420 g/mol. The smallest absolute Gasteiger partial charge is 0.291 e. The lowest BCUT2D eigenvalue weighted by molar-refractivity contribution is 0.0998. The van der Waals surface area contributed by atoms with Crippen molar-refractivity contribution in [2.75, 3.05) is 5.32 Å². The van der Waals surface area contributed by atoms with Crippen LogP contribution in [0.25, 0.3) is 22.1 Å². The van der Waals surface area contributed by atoms with Crippen molar-refractivity contribution in [3.63, 3.8) is 0 Å². The van der Waals surface area contributed by atoms with E-state index in [-0.39, 0.29) is 17.8 Å². The van der Waals surface area contributed by atoms with E-state index in [1.54, 1.807) is 12.1 Å². The molecule has 1 N–H and O–H groups in total. The van der Waals surface area contributed by atoms with Crippen LogP contribution in [0.4, 0.5) is 5.69 Å². The molecule has 152 valence electrons. The van der Waals surface area contributed by atoms with Crippen LogP contribution in [0.1, 0.15) is 30.0 Å². The van der Waals surface area contributed by atoms with Gasteiger partial charge in [-0.1, -0.05) is 54.1 Å². The summed E-state index contributed by atoms with van der Waals surface area (Å²) in [6, 6.07) is 21.3. The predicted molar refractivity (Wildman–Crippen MR) is 122 cm³/mol. The van der Waals surface area contributed by atoms with Crippen molar-refractivity contribution in [3.05, 3.63) is 83.1 Å². The number of hydrogen-bond acceptors (Lipinski definition) is 3. The lowest BCUT2D eigenvalue weighted by Crippen LogP contribution is -2.12. The van der Waals surface area contributed by atoms with Crippen LogP contribution in [0.15, 0.2) is 71.1 Å². The molecule has 1 aromatic heterocycles. The molecule has 4 aromatic rings. The number of fused-ring (bicyclic) bond motifs is 1. The molecular formula is C25H22ClNO3. The van der Waals surface area contributed by atoms with Gasteiger partial charge in [-0.15, -0.1) is 0 Å². The zero-order valence-electron chi connectivity index (χ0n) is 17.0. The molecule has 0 unspecified atom stereocenters. The molecule has 0 saturated heterocycles. The van der Waals surface area contributed by atoms with Crippen LogP contribution in [0.5, 0.6) is 5.75 Å². The summed E-state index contributed by atoms with van der Waals surface area (Å²) >= 11 is 6.34. The second-order valence-electron chi connectivity index (χ2n) is 7.37. The first-order valence-corrected chi connectivity index (χ1v) is 10.2. The molecule has 0 spiro atoms. The van der Waals surface area contributed by atoms with Crippen molar-refractivity contribution in [2.45, 2.75) is 26.9 Å². The standard InChI is InChI=1S/C25H22ClNO3/c1-15(2)29-24-20(26)13-14-21-22(24)16(3)23(30-21)25(28)27-19-11-9-18(10-12-19)17-7-5-4-6-8-17/h4-15H,1-3H3,(H,27,28). The second kappa shape index (κ2) is 8.25. The third-order valence-corrected chi connectivity index (χ3v) is 5.11. The number of aryl methyl sites for hydroxylation is 1. The molecule has 1 heterocycles. The van der Waals surface area contributed by atoms with Crippen LogP contribution in [0, 0.1) is 6.92 Å². The molecular weight excluding hydrogens is 398 g/mol. The molecule has 0 bridgehead atoms. The fraction of sp³-hybridized carbons (Fsp3) is 0.160. The van der Waals surface area contributed by atoms with Crippen molar-refractivity contribution < 1.29 is 13.9 Å². The molecule has 4 rings (SSSR count). The number of benzene rings is 3. The quantitative estimate of drug-likeness (QED) is 0.375. The van der Waals surface area contributed by atoms with Crippen molar-refractivity contribution in [1.82, 2.24) is 0 Å². The van der Waals surface area contributed by atoms with Gasteiger partial charge < -0.3 is 14.5 Å². The summed E-state index contributed by atoms with van der Waals surface area (Å²) in [5, 5.41) is 4.12. The van der Waals surface area contributed by atoms with E-state index in [4.69, 9.17) is 20.8 Å². The van der Waals surface area contributed by atoms with E-state index in [0.717, 1.165) is 16.5 Å². The number of carbonyl (C=O) groups is 1. The number of ether oxygens (including phenoxy) is 1. The number of halogens is 1. The van der Waals surface area contributed by atoms with Crippen LogP contribution in [-0.4, -0.2) is 12.0 Å². The summed E-state index contributed by atoms with van der Waals surface area (Å²) in [4.78, 5) is 12.9. The second-order valence-corrected chi connectivity index (χ2v) is 7.78. The fourth-order valence-electron chi connectivity index (χ4n) is 3.41. The summed E-state index contributed by atoms with van der Waals surface area (Å²) in [5.41, 5.74) is 4.16. The Kier molecular flexibility index (Phi) is 5.51. The Morgan fingerprint density at radius 2 is 1.63 bits per heavy atom. The lowest BCUT2D eigenvalue weighted by atomic mass is 10.1. The van der Waals surface area contributed by atoms with E-state index in [1.807, 2.05) is 75.4 Å². The first kappa shape index (κ1) is 20.0. The summed E-state index contributed by atoms with van der Waals surface area (Å²) in [7, 11) is 0. The van der Waals surface area contributed by atoms with Crippen molar-refractivity contribution in [1.29, 1.82) is 0 Å². The number of nitrogens with one attached hydrogen (secondary N) is 1. The highest BCUT2D eigenvalue weighted by atomic mass is 35.5. The molecule has 0 saturated carbocycles. The molecule has 0 aliphatic rings. The average Bonchev–Trinajstić information content (AvgIpc) is 3.08. The van der Waals surface area contributed by atoms with Crippen molar-refractivity contribution in [3.8, 4) is 16.9 Å². The van der Waals surface area contributed by atoms with Gasteiger partial charge in [0.1, 0.15) is 11.3 Å². The maximum absolute atomic E-state index is 12.9. The third-order valence-electron chi connectivity index (χ3n) is 4.81. The monoisotopic (exact) mass is 419 g/mol. The molecule has 0 aliphatic carbocycles. The number of amides is 1. The summed E-state index contributed by atoms with van der Waals surface area (Å²) < 4.78 is 11.7. The van der Waals surface area contributed by atoms with Gasteiger partial charge in [-0.2, -0.15) is 0 Å².